The molecule has 7 heteroatoms. The lowest BCUT2D eigenvalue weighted by atomic mass is 10.4. The van der Waals surface area contributed by atoms with E-state index >= 15 is 0 Å². The highest BCUT2D eigenvalue weighted by Crippen LogP contribution is 2.00. The van der Waals surface area contributed by atoms with Gasteiger partial charge in [0.25, 0.3) is 10.2 Å². The molecule has 0 spiro atoms. The summed E-state index contributed by atoms with van der Waals surface area (Å²) in [5.74, 6) is 0.460. The van der Waals surface area contributed by atoms with Crippen molar-refractivity contribution in [2.45, 2.75) is 26.3 Å². The van der Waals surface area contributed by atoms with Crippen molar-refractivity contribution in [2.24, 2.45) is 0 Å². The van der Waals surface area contributed by atoms with Gasteiger partial charge in [-0.2, -0.15) is 12.7 Å². The minimum atomic E-state index is -3.35. The summed E-state index contributed by atoms with van der Waals surface area (Å²) < 4.78 is 32.2. The molecule has 1 N–H and O–H groups in total. The van der Waals surface area contributed by atoms with Crippen LogP contribution in [-0.2, 0) is 14.9 Å². The molecule has 0 aliphatic carbocycles. The first-order valence-corrected chi connectivity index (χ1v) is 7.25. The van der Waals surface area contributed by atoms with Crippen molar-refractivity contribution in [3.63, 3.8) is 0 Å². The molecule has 5 nitrogen and oxygen atoms in total. The Morgan fingerprint density at radius 3 is 2.50 bits per heavy atom. The highest BCUT2D eigenvalue weighted by atomic mass is 35.5. The molecule has 0 saturated carbocycles. The van der Waals surface area contributed by atoms with Gasteiger partial charge in [0.05, 0.1) is 6.61 Å². The second kappa shape index (κ2) is 8.25. The first-order valence-electron chi connectivity index (χ1n) is 5.28. The molecular formula is C9H21ClN2O3S. The molecule has 0 heterocycles. The van der Waals surface area contributed by atoms with Gasteiger partial charge in [-0.3, -0.25) is 0 Å². The Bertz CT molecular complexity index is 270. The van der Waals surface area contributed by atoms with Crippen LogP contribution in [0.15, 0.2) is 0 Å². The molecule has 0 aliphatic rings. The van der Waals surface area contributed by atoms with Crippen LogP contribution in [0.1, 0.15) is 20.3 Å². The molecular weight excluding hydrogens is 252 g/mol. The summed E-state index contributed by atoms with van der Waals surface area (Å²) in [7, 11) is -1.80. The molecule has 0 rings (SSSR count). The van der Waals surface area contributed by atoms with Gasteiger partial charge in [0.15, 0.2) is 0 Å². The average molecular weight is 273 g/mol. The molecule has 0 bridgehead atoms. The van der Waals surface area contributed by atoms with E-state index in [1.54, 1.807) is 7.05 Å². The monoisotopic (exact) mass is 272 g/mol. The van der Waals surface area contributed by atoms with Crippen LogP contribution in [0.2, 0.25) is 0 Å². The molecule has 0 aromatic rings. The first-order chi connectivity index (χ1) is 7.41. The van der Waals surface area contributed by atoms with Gasteiger partial charge in [0, 0.05) is 32.1 Å². The van der Waals surface area contributed by atoms with E-state index in [9.17, 15) is 8.42 Å². The third kappa shape index (κ3) is 6.65. The molecule has 0 atom stereocenters. The molecule has 0 fully saturated rings. The van der Waals surface area contributed by atoms with Crippen LogP contribution in [0, 0.1) is 0 Å². The van der Waals surface area contributed by atoms with Crippen molar-refractivity contribution in [3.8, 4) is 0 Å². The fourth-order valence-corrected chi connectivity index (χ4v) is 2.18. The summed E-state index contributed by atoms with van der Waals surface area (Å²) in [4.78, 5) is 0. The fourth-order valence-electron chi connectivity index (χ4n) is 0.911. The average Bonchev–Trinajstić information content (AvgIpc) is 2.22. The van der Waals surface area contributed by atoms with E-state index in [2.05, 4.69) is 4.72 Å². The standard InChI is InChI=1S/C9H21ClN2O3S/c1-9(2)12(3)16(13,14)11-6-4-7-15-8-5-10/h9,11H,4-8H2,1-3H3. The Balaban J connectivity index is 3.75. The van der Waals surface area contributed by atoms with Crippen LogP contribution in [0.25, 0.3) is 0 Å². The van der Waals surface area contributed by atoms with Gasteiger partial charge in [-0.15, -0.1) is 11.6 Å². The van der Waals surface area contributed by atoms with Crippen molar-refractivity contribution in [2.75, 3.05) is 32.7 Å². The number of hydrogen-bond acceptors (Lipinski definition) is 3. The molecule has 0 aromatic heterocycles. The van der Waals surface area contributed by atoms with E-state index in [1.807, 2.05) is 13.8 Å². The second-order valence-corrected chi connectivity index (χ2v) is 5.86. The summed E-state index contributed by atoms with van der Waals surface area (Å²) in [6.45, 7) is 5.04. The van der Waals surface area contributed by atoms with Crippen molar-refractivity contribution in [3.05, 3.63) is 0 Å². The van der Waals surface area contributed by atoms with E-state index in [0.717, 1.165) is 0 Å². The van der Waals surface area contributed by atoms with Crippen LogP contribution in [0.4, 0.5) is 0 Å². The smallest absolute Gasteiger partial charge is 0.279 e. The van der Waals surface area contributed by atoms with Gasteiger partial charge in [-0.1, -0.05) is 0 Å². The van der Waals surface area contributed by atoms with E-state index in [1.165, 1.54) is 4.31 Å². The zero-order chi connectivity index (χ0) is 12.6. The summed E-state index contributed by atoms with van der Waals surface area (Å²) in [6.07, 6.45) is 0.641. The van der Waals surface area contributed by atoms with E-state index in [-0.39, 0.29) is 6.04 Å². The normalized spacial score (nSPS) is 12.6. The summed E-state index contributed by atoms with van der Waals surface area (Å²) >= 11 is 5.42. The topological polar surface area (TPSA) is 58.6 Å². The molecule has 16 heavy (non-hydrogen) atoms. The van der Waals surface area contributed by atoms with Crippen molar-refractivity contribution >= 4 is 21.8 Å². The minimum Gasteiger partial charge on any atom is -0.380 e. The second-order valence-electron chi connectivity index (χ2n) is 3.66. The SMILES string of the molecule is CC(C)N(C)S(=O)(=O)NCCCOCCCl. The lowest BCUT2D eigenvalue weighted by Crippen LogP contribution is -2.42. The molecule has 0 amide bonds. The number of ether oxygens (including phenoxy) is 1. The van der Waals surface area contributed by atoms with Crippen molar-refractivity contribution in [1.29, 1.82) is 0 Å². The maximum absolute atomic E-state index is 11.6. The number of hydrogen-bond donors (Lipinski definition) is 1. The Labute approximate surface area is 103 Å². The van der Waals surface area contributed by atoms with E-state index in [4.69, 9.17) is 16.3 Å². The van der Waals surface area contributed by atoms with Gasteiger partial charge < -0.3 is 4.74 Å². The maximum atomic E-state index is 11.6. The lowest BCUT2D eigenvalue weighted by molar-refractivity contribution is 0.147. The van der Waals surface area contributed by atoms with Gasteiger partial charge in [-0.05, 0) is 20.3 Å². The molecule has 98 valence electrons. The highest BCUT2D eigenvalue weighted by Gasteiger charge is 2.18. The van der Waals surface area contributed by atoms with Crippen LogP contribution in [0.3, 0.4) is 0 Å². The van der Waals surface area contributed by atoms with Gasteiger partial charge in [0.2, 0.25) is 0 Å². The van der Waals surface area contributed by atoms with Gasteiger partial charge in [0.1, 0.15) is 0 Å². The predicted molar refractivity (Wildman–Crippen MR) is 66.0 cm³/mol. The largest absolute Gasteiger partial charge is 0.380 e. The minimum absolute atomic E-state index is 0.0509. The van der Waals surface area contributed by atoms with Crippen LogP contribution >= 0.6 is 11.6 Å². The molecule has 0 unspecified atom stereocenters. The Morgan fingerprint density at radius 2 is 2.00 bits per heavy atom. The van der Waals surface area contributed by atoms with Gasteiger partial charge >= 0.3 is 0 Å². The molecule has 0 saturated heterocycles. The first kappa shape index (κ1) is 16.1. The quantitative estimate of drug-likeness (QED) is 0.499. The molecule has 0 radical (unpaired) electrons. The lowest BCUT2D eigenvalue weighted by Gasteiger charge is -2.21. The number of nitrogens with one attached hydrogen (secondary N) is 1. The Kier molecular flexibility index (Phi) is 8.31. The summed E-state index contributed by atoms with van der Waals surface area (Å²) in [5.41, 5.74) is 0. The third-order valence-electron chi connectivity index (χ3n) is 2.08. The van der Waals surface area contributed by atoms with Crippen molar-refractivity contribution in [1.82, 2.24) is 9.03 Å². The van der Waals surface area contributed by atoms with Crippen LogP contribution < -0.4 is 4.72 Å². The molecule has 0 aliphatic heterocycles. The number of alkyl halides is 1. The third-order valence-corrected chi connectivity index (χ3v) is 3.98. The summed E-state index contributed by atoms with van der Waals surface area (Å²) in [5, 5.41) is 0. The van der Waals surface area contributed by atoms with Crippen LogP contribution in [-0.4, -0.2) is 51.5 Å². The van der Waals surface area contributed by atoms with E-state index < -0.39 is 10.2 Å². The zero-order valence-corrected chi connectivity index (χ0v) is 11.6. The van der Waals surface area contributed by atoms with Gasteiger partial charge in [-0.25, -0.2) is 4.72 Å². The number of halogens is 1. The van der Waals surface area contributed by atoms with Crippen molar-refractivity contribution < 1.29 is 13.2 Å². The highest BCUT2D eigenvalue weighted by molar-refractivity contribution is 7.87. The Morgan fingerprint density at radius 1 is 1.38 bits per heavy atom. The maximum Gasteiger partial charge on any atom is 0.279 e. The number of rotatable bonds is 9. The predicted octanol–water partition coefficient (Wildman–Crippen LogP) is 0.806. The fraction of sp³-hybridized carbons (Fsp3) is 1.00. The van der Waals surface area contributed by atoms with E-state index in [0.29, 0.717) is 32.1 Å². The zero-order valence-electron chi connectivity index (χ0n) is 10.1. The summed E-state index contributed by atoms with van der Waals surface area (Å²) in [6, 6.07) is -0.0509. The Hall–Kier alpha value is 0.120. The van der Waals surface area contributed by atoms with Crippen LogP contribution in [0.5, 0.6) is 0 Å². The number of nitrogens with zero attached hydrogens (tertiary/aromatic N) is 1. The molecule has 0 aromatic carbocycles.